The number of nitrogens with zero attached hydrogens (tertiary/aromatic N) is 2. The van der Waals surface area contributed by atoms with Crippen molar-refractivity contribution in [1.29, 1.82) is 0 Å². The van der Waals surface area contributed by atoms with Crippen LogP contribution in [0.3, 0.4) is 0 Å². The van der Waals surface area contributed by atoms with Crippen LogP contribution in [0.25, 0.3) is 0 Å². The van der Waals surface area contributed by atoms with E-state index >= 15 is 0 Å². The van der Waals surface area contributed by atoms with E-state index in [2.05, 4.69) is 4.98 Å². The first-order valence-corrected chi connectivity index (χ1v) is 10.5. The van der Waals surface area contributed by atoms with Gasteiger partial charge in [-0.1, -0.05) is 0 Å². The fourth-order valence-electron chi connectivity index (χ4n) is 3.32. The number of methoxy groups -OCH3 is 1. The summed E-state index contributed by atoms with van der Waals surface area (Å²) < 4.78 is 33.7. The van der Waals surface area contributed by atoms with Gasteiger partial charge in [0.15, 0.2) is 12.5 Å². The van der Waals surface area contributed by atoms with Crippen molar-refractivity contribution in [1.82, 2.24) is 9.55 Å². The minimum Gasteiger partial charge on any atom is -0.496 e. The summed E-state index contributed by atoms with van der Waals surface area (Å²) in [5.41, 5.74) is 5.08. The Morgan fingerprint density at radius 3 is 2.75 bits per heavy atom. The lowest BCUT2D eigenvalue weighted by Gasteiger charge is -2.20. The number of aromatic nitrogens is 2. The summed E-state index contributed by atoms with van der Waals surface area (Å²) in [5, 5.41) is 20.0. The normalized spacial score (nSPS) is 23.6. The molecule has 0 radical (unpaired) electrons. The average Bonchev–Trinajstić information content (AvgIpc) is 3.06. The van der Waals surface area contributed by atoms with E-state index in [9.17, 15) is 29.3 Å². The minimum absolute atomic E-state index is 0.0295. The Kier molecular flexibility index (Phi) is 7.61. The Labute approximate surface area is 181 Å². The van der Waals surface area contributed by atoms with Crippen molar-refractivity contribution in [2.75, 3.05) is 19.5 Å². The van der Waals surface area contributed by atoms with Gasteiger partial charge in [0.2, 0.25) is 0 Å². The van der Waals surface area contributed by atoms with Crippen molar-refractivity contribution in [2.24, 2.45) is 0 Å². The molecular weight excluding hydrogens is 449 g/mol. The van der Waals surface area contributed by atoms with E-state index in [-0.39, 0.29) is 35.1 Å². The van der Waals surface area contributed by atoms with Gasteiger partial charge in [-0.25, -0.2) is 4.79 Å². The number of aliphatic hydroxyl groups excluding tert-OH is 2. The topological polar surface area (TPSA) is 193 Å². The van der Waals surface area contributed by atoms with E-state index in [0.29, 0.717) is 6.29 Å². The first-order chi connectivity index (χ1) is 15.3. The summed E-state index contributed by atoms with van der Waals surface area (Å²) >= 11 is 0. The van der Waals surface area contributed by atoms with E-state index in [4.69, 9.17) is 24.5 Å². The second-order valence-electron chi connectivity index (χ2n) is 6.73. The highest BCUT2D eigenvalue weighted by Gasteiger charge is 2.47. The molecule has 1 saturated heterocycles. The third kappa shape index (κ3) is 4.99. The molecule has 14 heteroatoms. The van der Waals surface area contributed by atoms with Crippen LogP contribution in [0.15, 0.2) is 29.2 Å². The van der Waals surface area contributed by atoms with Crippen molar-refractivity contribution < 1.29 is 43.2 Å². The van der Waals surface area contributed by atoms with Crippen LogP contribution in [-0.2, 0) is 20.4 Å². The first kappa shape index (κ1) is 23.9. The molecule has 1 aromatic carbocycles. The van der Waals surface area contributed by atoms with Crippen LogP contribution < -0.4 is 20.9 Å². The number of nitrogens with two attached hydrogens (primary N) is 1. The summed E-state index contributed by atoms with van der Waals surface area (Å²) in [4.78, 5) is 36.2. The molecule has 1 fully saturated rings. The summed E-state index contributed by atoms with van der Waals surface area (Å²) in [7, 11) is -2.12. The monoisotopic (exact) mass is 471 g/mol. The van der Waals surface area contributed by atoms with Gasteiger partial charge in [-0.2, -0.15) is 4.98 Å². The zero-order valence-corrected chi connectivity index (χ0v) is 17.8. The molecule has 0 saturated carbocycles. The van der Waals surface area contributed by atoms with Crippen molar-refractivity contribution in [3.8, 4) is 11.5 Å². The minimum atomic E-state index is -3.48. The van der Waals surface area contributed by atoms with Gasteiger partial charge in [0, 0.05) is 23.4 Å². The van der Waals surface area contributed by atoms with Gasteiger partial charge in [0.25, 0.3) is 0 Å². The lowest BCUT2D eigenvalue weighted by molar-refractivity contribution is -0.0511. The highest BCUT2D eigenvalue weighted by Crippen LogP contribution is 2.36. The molecule has 1 aliphatic rings. The zero-order chi connectivity index (χ0) is 23.4. The lowest BCUT2D eigenvalue weighted by atomic mass is 10.1. The highest BCUT2D eigenvalue weighted by molar-refractivity contribution is 7.32. The molecule has 3 rings (SSSR count). The smallest absolute Gasteiger partial charge is 0.351 e. The quantitative estimate of drug-likeness (QED) is 0.264. The van der Waals surface area contributed by atoms with Crippen LogP contribution in [0.1, 0.15) is 22.1 Å². The van der Waals surface area contributed by atoms with Crippen molar-refractivity contribution in [3.63, 3.8) is 0 Å². The number of carbonyl (C=O) groups is 1. The molecule has 174 valence electrons. The number of rotatable bonds is 9. The van der Waals surface area contributed by atoms with Gasteiger partial charge in [-0.3, -0.25) is 13.9 Å². The maximum atomic E-state index is 12.1. The van der Waals surface area contributed by atoms with Gasteiger partial charge in [-0.05, 0) is 12.1 Å². The standard InChI is InChI=1S/C18H22N3O10P/c1-28-12-5-10(4-9(6-22)11(12)7-23)29-8-13-16(31-32(26)27)15(24)17(30-13)21-3-2-14(19)20-18(21)25/h2-6,13,15-17,23-24,32H,7-8H2,1H3,(H,26,27)(H2,19,20,25)/t13-,15-,16-,17-/m1/s1. The maximum absolute atomic E-state index is 12.1. The van der Waals surface area contributed by atoms with Crippen molar-refractivity contribution in [2.45, 2.75) is 31.1 Å². The van der Waals surface area contributed by atoms with E-state index in [1.54, 1.807) is 0 Å². The number of anilines is 1. The fourth-order valence-corrected chi connectivity index (χ4v) is 3.85. The molecular formula is C18H22N3O10P. The molecule has 1 unspecified atom stereocenters. The molecule has 0 aliphatic carbocycles. The molecule has 1 aromatic heterocycles. The third-order valence-corrected chi connectivity index (χ3v) is 5.28. The molecule has 0 bridgehead atoms. The first-order valence-electron chi connectivity index (χ1n) is 9.26. The van der Waals surface area contributed by atoms with E-state index < -0.39 is 45.1 Å². The molecule has 13 nitrogen and oxygen atoms in total. The number of hydrogen-bond donors (Lipinski definition) is 4. The van der Waals surface area contributed by atoms with Crippen LogP contribution in [0.4, 0.5) is 5.82 Å². The van der Waals surface area contributed by atoms with Crippen molar-refractivity contribution >= 4 is 20.4 Å². The van der Waals surface area contributed by atoms with Crippen molar-refractivity contribution in [3.05, 3.63) is 46.0 Å². The van der Waals surface area contributed by atoms with Gasteiger partial charge >= 0.3 is 13.9 Å². The number of ether oxygens (including phenoxy) is 3. The third-order valence-electron chi connectivity index (χ3n) is 4.81. The molecule has 5 atom stereocenters. The number of nitrogen functional groups attached to an aromatic ring is 1. The zero-order valence-electron chi connectivity index (χ0n) is 16.8. The van der Waals surface area contributed by atoms with Crippen LogP contribution in [-0.4, -0.2) is 63.0 Å². The highest BCUT2D eigenvalue weighted by atomic mass is 31.1. The second-order valence-corrected chi connectivity index (χ2v) is 7.49. The second kappa shape index (κ2) is 10.2. The van der Waals surface area contributed by atoms with E-state index in [0.717, 1.165) is 4.57 Å². The molecule has 1 aliphatic heterocycles. The molecule has 0 spiro atoms. The van der Waals surface area contributed by atoms with Gasteiger partial charge in [-0.15, -0.1) is 0 Å². The van der Waals surface area contributed by atoms with Gasteiger partial charge in [0.05, 0.1) is 13.7 Å². The molecule has 2 heterocycles. The Bertz CT molecular complexity index is 1060. The molecule has 32 heavy (non-hydrogen) atoms. The van der Waals surface area contributed by atoms with Crippen LogP contribution in [0.5, 0.6) is 11.5 Å². The summed E-state index contributed by atoms with van der Waals surface area (Å²) in [5.74, 6) is 0.354. The lowest BCUT2D eigenvalue weighted by Crippen LogP contribution is -2.37. The summed E-state index contributed by atoms with van der Waals surface area (Å²) in [6.07, 6.45) is -3.40. The summed E-state index contributed by atoms with van der Waals surface area (Å²) in [6.45, 7) is -0.716. The molecule has 0 amide bonds. The van der Waals surface area contributed by atoms with E-state index in [1.165, 1.54) is 31.5 Å². The van der Waals surface area contributed by atoms with Gasteiger partial charge < -0.3 is 39.6 Å². The number of aliphatic hydroxyl groups is 2. The Morgan fingerprint density at radius 2 is 2.16 bits per heavy atom. The number of carbonyl (C=O) groups excluding carboxylic acids is 1. The van der Waals surface area contributed by atoms with Crippen LogP contribution in [0, 0.1) is 0 Å². The number of hydrogen-bond acceptors (Lipinski definition) is 11. The Hall–Kier alpha value is -2.80. The SMILES string of the molecule is COc1cc(OC[C@H]2O[C@@H](n3ccc(N)nc3=O)[C@H](O)[C@@H]2O[PH](=O)O)cc(C=O)c1CO. The van der Waals surface area contributed by atoms with Crippen LogP contribution >= 0.6 is 8.25 Å². The van der Waals surface area contributed by atoms with E-state index in [1.807, 2.05) is 0 Å². The maximum Gasteiger partial charge on any atom is 0.351 e. The Morgan fingerprint density at radius 1 is 1.41 bits per heavy atom. The summed E-state index contributed by atoms with van der Waals surface area (Å²) in [6, 6.07) is 4.12. The number of aldehydes is 1. The predicted molar refractivity (Wildman–Crippen MR) is 109 cm³/mol. The van der Waals surface area contributed by atoms with Gasteiger partial charge in [0.1, 0.15) is 42.2 Å². The fraction of sp³-hybridized carbons (Fsp3) is 0.389. The number of benzene rings is 1. The predicted octanol–water partition coefficient (Wildman–Crippen LogP) is -0.757. The Balaban J connectivity index is 1.85. The largest absolute Gasteiger partial charge is 0.496 e. The molecule has 2 aromatic rings. The van der Waals surface area contributed by atoms with Crippen LogP contribution in [0.2, 0.25) is 0 Å². The average molecular weight is 471 g/mol. The molecule has 5 N–H and O–H groups in total.